The number of hydrogen-bond donors (Lipinski definition) is 0. The molecule has 0 saturated carbocycles. The molecule has 0 heterocycles. The number of aryl methyl sites for hydroxylation is 4. The van der Waals surface area contributed by atoms with Gasteiger partial charge in [0.2, 0.25) is 0 Å². The second kappa shape index (κ2) is 6.23. The van der Waals surface area contributed by atoms with Crippen molar-refractivity contribution in [3.63, 3.8) is 0 Å². The van der Waals surface area contributed by atoms with Gasteiger partial charge in [-0.3, -0.25) is 0 Å². The van der Waals surface area contributed by atoms with Crippen LogP contribution in [0, 0.1) is 0 Å². The average molecular weight is 299 g/mol. The molecular weight excluding hydrogens is 276 g/mol. The second-order valence-electron chi connectivity index (χ2n) is 5.98. The van der Waals surface area contributed by atoms with Crippen LogP contribution in [0.15, 0.2) is 36.4 Å². The Hall–Kier alpha value is -1.27. The van der Waals surface area contributed by atoms with Gasteiger partial charge in [0, 0.05) is 0 Å². The van der Waals surface area contributed by atoms with E-state index in [1.807, 2.05) is 0 Å². The molecule has 0 aromatic heterocycles. The molecule has 0 bridgehead atoms. The number of alkyl halides is 1. The molecule has 2 aromatic rings. The van der Waals surface area contributed by atoms with E-state index >= 15 is 0 Å². The zero-order chi connectivity index (χ0) is 14.8. The third-order valence-electron chi connectivity index (χ3n) is 4.69. The molecule has 21 heavy (non-hydrogen) atoms. The van der Waals surface area contributed by atoms with Crippen molar-refractivity contribution < 1.29 is 0 Å². The third kappa shape index (κ3) is 2.87. The molecule has 0 fully saturated rings. The van der Waals surface area contributed by atoms with E-state index in [1.54, 1.807) is 0 Å². The first-order chi connectivity index (χ1) is 10.2. The number of hydrogen-bond acceptors (Lipinski definition) is 0. The van der Waals surface area contributed by atoms with Crippen LogP contribution < -0.4 is 0 Å². The molecule has 0 saturated heterocycles. The lowest BCUT2D eigenvalue weighted by molar-refractivity contribution is 0.911. The van der Waals surface area contributed by atoms with Crippen LogP contribution in [0.4, 0.5) is 0 Å². The first-order valence-electron chi connectivity index (χ1n) is 8.10. The Bertz CT molecular complexity index is 642. The van der Waals surface area contributed by atoms with Gasteiger partial charge < -0.3 is 0 Å². The van der Waals surface area contributed by atoms with Gasteiger partial charge in [-0.2, -0.15) is 0 Å². The summed E-state index contributed by atoms with van der Waals surface area (Å²) in [6.07, 6.45) is 5.83. The smallest absolute Gasteiger partial charge is 0.0838 e. The van der Waals surface area contributed by atoms with E-state index in [0.29, 0.717) is 0 Å². The summed E-state index contributed by atoms with van der Waals surface area (Å²) in [5, 5.41) is -0.0302. The van der Waals surface area contributed by atoms with Crippen LogP contribution in [-0.4, -0.2) is 0 Å². The number of benzene rings is 2. The van der Waals surface area contributed by atoms with Crippen molar-refractivity contribution in [2.75, 3.05) is 0 Å². The van der Waals surface area contributed by atoms with Gasteiger partial charge in [0.05, 0.1) is 5.38 Å². The van der Waals surface area contributed by atoms with E-state index in [4.69, 9.17) is 11.6 Å². The van der Waals surface area contributed by atoms with Crippen molar-refractivity contribution in [1.29, 1.82) is 0 Å². The zero-order valence-electron chi connectivity index (χ0n) is 13.0. The minimum absolute atomic E-state index is 0.0302. The Morgan fingerprint density at radius 1 is 0.952 bits per heavy atom. The minimum atomic E-state index is -0.0302. The highest BCUT2D eigenvalue weighted by molar-refractivity contribution is 6.22. The number of fused-ring (bicyclic) bond motifs is 1. The van der Waals surface area contributed by atoms with Gasteiger partial charge >= 0.3 is 0 Å². The van der Waals surface area contributed by atoms with Crippen LogP contribution in [0.1, 0.15) is 59.0 Å². The van der Waals surface area contributed by atoms with E-state index in [2.05, 4.69) is 50.2 Å². The van der Waals surface area contributed by atoms with E-state index in [0.717, 1.165) is 12.8 Å². The summed E-state index contributed by atoms with van der Waals surface area (Å²) in [5.74, 6) is 0. The summed E-state index contributed by atoms with van der Waals surface area (Å²) in [7, 11) is 0. The summed E-state index contributed by atoms with van der Waals surface area (Å²) in [5.41, 5.74) is 8.29. The lowest BCUT2D eigenvalue weighted by Crippen LogP contribution is -2.01. The van der Waals surface area contributed by atoms with Gasteiger partial charge in [-0.15, -0.1) is 11.6 Å². The molecule has 1 aliphatic carbocycles. The highest BCUT2D eigenvalue weighted by Gasteiger charge is 2.18. The van der Waals surface area contributed by atoms with Crippen molar-refractivity contribution >= 4 is 11.6 Å². The lowest BCUT2D eigenvalue weighted by atomic mass is 9.93. The summed E-state index contributed by atoms with van der Waals surface area (Å²) in [6, 6.07) is 13.6. The van der Waals surface area contributed by atoms with Crippen molar-refractivity contribution in [1.82, 2.24) is 0 Å². The molecule has 1 unspecified atom stereocenters. The molecule has 0 aliphatic heterocycles. The Morgan fingerprint density at radius 2 is 1.76 bits per heavy atom. The van der Waals surface area contributed by atoms with Crippen LogP contribution in [0.2, 0.25) is 0 Å². The van der Waals surface area contributed by atoms with Crippen LogP contribution in [0.25, 0.3) is 0 Å². The van der Waals surface area contributed by atoms with Crippen molar-refractivity contribution in [2.24, 2.45) is 0 Å². The van der Waals surface area contributed by atoms with Gasteiger partial charge in [-0.1, -0.05) is 50.2 Å². The lowest BCUT2D eigenvalue weighted by Gasteiger charge is -2.17. The van der Waals surface area contributed by atoms with E-state index < -0.39 is 0 Å². The highest BCUT2D eigenvalue weighted by Crippen LogP contribution is 2.34. The quantitative estimate of drug-likeness (QED) is 0.642. The Kier molecular flexibility index (Phi) is 4.35. The van der Waals surface area contributed by atoms with Gasteiger partial charge in [-0.05, 0) is 65.5 Å². The maximum absolute atomic E-state index is 6.85. The molecule has 0 nitrogen and oxygen atoms in total. The van der Waals surface area contributed by atoms with Crippen molar-refractivity contribution in [3.8, 4) is 0 Å². The Labute approximate surface area is 133 Å². The molecule has 1 atom stereocenters. The van der Waals surface area contributed by atoms with Gasteiger partial charge in [0.15, 0.2) is 0 Å². The van der Waals surface area contributed by atoms with E-state index in [-0.39, 0.29) is 5.38 Å². The molecule has 0 radical (unpaired) electrons. The molecule has 1 aliphatic rings. The van der Waals surface area contributed by atoms with Crippen LogP contribution in [0.5, 0.6) is 0 Å². The number of halogens is 1. The second-order valence-corrected chi connectivity index (χ2v) is 6.42. The Morgan fingerprint density at radius 3 is 2.52 bits per heavy atom. The molecule has 2 aromatic carbocycles. The predicted octanol–water partition coefficient (Wildman–Crippen LogP) is 5.63. The maximum atomic E-state index is 6.85. The molecular formula is C20H23Cl. The Balaban J connectivity index is 1.99. The van der Waals surface area contributed by atoms with Gasteiger partial charge in [0.1, 0.15) is 0 Å². The van der Waals surface area contributed by atoms with E-state index in [9.17, 15) is 0 Å². The topological polar surface area (TPSA) is 0 Å². The summed E-state index contributed by atoms with van der Waals surface area (Å²) in [6.45, 7) is 4.40. The van der Waals surface area contributed by atoms with Crippen LogP contribution in [-0.2, 0) is 25.7 Å². The molecule has 3 rings (SSSR count). The van der Waals surface area contributed by atoms with Crippen molar-refractivity contribution in [3.05, 3.63) is 69.8 Å². The fourth-order valence-corrected chi connectivity index (χ4v) is 3.69. The fraction of sp³-hybridized carbons (Fsp3) is 0.400. The predicted molar refractivity (Wildman–Crippen MR) is 91.4 cm³/mol. The molecule has 0 amide bonds. The first kappa shape index (κ1) is 14.7. The summed E-state index contributed by atoms with van der Waals surface area (Å²) < 4.78 is 0. The van der Waals surface area contributed by atoms with Crippen molar-refractivity contribution in [2.45, 2.75) is 51.3 Å². The molecule has 1 heteroatoms. The summed E-state index contributed by atoms with van der Waals surface area (Å²) in [4.78, 5) is 0. The van der Waals surface area contributed by atoms with Gasteiger partial charge in [0.25, 0.3) is 0 Å². The van der Waals surface area contributed by atoms with Crippen LogP contribution >= 0.6 is 11.6 Å². The average Bonchev–Trinajstić information content (AvgIpc) is 3.01. The summed E-state index contributed by atoms with van der Waals surface area (Å²) >= 11 is 6.85. The normalized spacial score (nSPS) is 15.0. The minimum Gasteiger partial charge on any atom is -0.113 e. The van der Waals surface area contributed by atoms with E-state index in [1.165, 1.54) is 52.6 Å². The third-order valence-corrected chi connectivity index (χ3v) is 5.17. The standard InChI is InChI=1S/C20H23Cl/c1-3-14-8-9-15(4-2)19(12-14)20(21)18-11-10-16-6-5-7-17(16)13-18/h8-13,20H,3-7H2,1-2H3. The molecule has 0 N–H and O–H groups in total. The van der Waals surface area contributed by atoms with Crippen LogP contribution in [0.3, 0.4) is 0 Å². The number of rotatable bonds is 4. The largest absolute Gasteiger partial charge is 0.113 e. The molecule has 0 spiro atoms. The fourth-order valence-electron chi connectivity index (χ4n) is 3.35. The first-order valence-corrected chi connectivity index (χ1v) is 8.54. The maximum Gasteiger partial charge on any atom is 0.0838 e. The highest BCUT2D eigenvalue weighted by atomic mass is 35.5. The molecule has 110 valence electrons. The monoisotopic (exact) mass is 298 g/mol. The van der Waals surface area contributed by atoms with Gasteiger partial charge in [-0.25, -0.2) is 0 Å². The SMILES string of the molecule is CCc1ccc(CC)c(C(Cl)c2ccc3c(c2)CCC3)c1. The zero-order valence-corrected chi connectivity index (χ0v) is 13.7.